The van der Waals surface area contributed by atoms with Crippen molar-refractivity contribution in [3.05, 3.63) is 339 Å². The number of anilines is 6. The van der Waals surface area contributed by atoms with Gasteiger partial charge in [0.15, 0.2) is 5.58 Å². The van der Waals surface area contributed by atoms with Gasteiger partial charge in [0.25, 0.3) is 0 Å². The molecule has 1 aromatic heterocycles. The molecule has 3 nitrogen and oxygen atoms in total. The number of allylic oxidation sites excluding steroid dienone is 4. The van der Waals surface area contributed by atoms with Crippen molar-refractivity contribution in [3.8, 4) is 0 Å². The highest BCUT2D eigenvalue weighted by Gasteiger charge is 2.41. The summed E-state index contributed by atoms with van der Waals surface area (Å²) in [5.41, 5.74) is 27.6. The smallest absolute Gasteiger partial charge is 0.247 e. The molecule has 1 aliphatic rings. The van der Waals surface area contributed by atoms with Crippen LogP contribution in [-0.4, -0.2) is 6.71 Å². The zero-order chi connectivity index (χ0) is 65.0. The second-order valence-electron chi connectivity index (χ2n) is 28.1. The first-order chi connectivity index (χ1) is 44.8. The largest absolute Gasteiger partial charge is 0.454 e. The summed E-state index contributed by atoms with van der Waals surface area (Å²) < 4.78 is 7.00. The van der Waals surface area contributed by atoms with E-state index in [4.69, 9.17) is 4.42 Å². The molecule has 0 radical (unpaired) electrons. The number of hydrogen-bond donors (Lipinski definition) is 0. The Morgan fingerprint density at radius 1 is 0.473 bits per heavy atom. The van der Waals surface area contributed by atoms with E-state index >= 15 is 0 Å². The van der Waals surface area contributed by atoms with Crippen LogP contribution in [0.15, 0.2) is 277 Å². The number of furan rings is 1. The highest BCUT2D eigenvalue weighted by molar-refractivity contribution is 6.98. The second kappa shape index (κ2) is 24.8. The Hall–Kier alpha value is -9.64. The molecule has 11 aromatic carbocycles. The second-order valence-corrected chi connectivity index (χ2v) is 28.1. The molecule has 462 valence electrons. The predicted molar refractivity (Wildman–Crippen MR) is 400 cm³/mol. The van der Waals surface area contributed by atoms with E-state index in [1.165, 1.54) is 88.7 Å². The van der Waals surface area contributed by atoms with Crippen LogP contribution in [0.1, 0.15) is 142 Å². The first kappa shape index (κ1) is 62.2. The minimum atomic E-state index is -0.325. The Morgan fingerprint density at radius 3 is 1.63 bits per heavy atom. The maximum absolute atomic E-state index is 7.00. The molecule has 0 N–H and O–H groups in total. The van der Waals surface area contributed by atoms with Gasteiger partial charge in [-0.3, -0.25) is 0 Å². The van der Waals surface area contributed by atoms with Gasteiger partial charge in [0.05, 0.1) is 5.69 Å². The van der Waals surface area contributed by atoms with Gasteiger partial charge in [-0.15, -0.1) is 0 Å². The van der Waals surface area contributed by atoms with Crippen LogP contribution in [0, 0.1) is 20.8 Å². The van der Waals surface area contributed by atoms with Crippen LogP contribution in [0.3, 0.4) is 0 Å². The van der Waals surface area contributed by atoms with Crippen molar-refractivity contribution in [2.75, 3.05) is 9.80 Å². The van der Waals surface area contributed by atoms with E-state index in [1.54, 1.807) is 0 Å². The normalized spacial score (nSPS) is 13.1. The van der Waals surface area contributed by atoms with Crippen molar-refractivity contribution < 1.29 is 4.42 Å². The number of para-hydroxylation sites is 2. The first-order valence-corrected chi connectivity index (χ1v) is 33.5. The number of benzene rings is 11. The summed E-state index contributed by atoms with van der Waals surface area (Å²) in [7, 11) is 0. The predicted octanol–water partition coefficient (Wildman–Crippen LogP) is 22.0. The summed E-state index contributed by atoms with van der Waals surface area (Å²) >= 11 is 0. The molecule has 13 rings (SSSR count). The molecule has 0 aliphatic carbocycles. The lowest BCUT2D eigenvalue weighted by atomic mass is 9.33. The average Bonchev–Trinajstić information content (AvgIpc) is 0.961. The minimum absolute atomic E-state index is 0.164. The molecule has 0 fully saturated rings. The fourth-order valence-corrected chi connectivity index (χ4v) is 14.9. The fourth-order valence-electron chi connectivity index (χ4n) is 14.9. The molecule has 0 amide bonds. The van der Waals surface area contributed by atoms with Crippen LogP contribution in [0.2, 0.25) is 0 Å². The highest BCUT2D eigenvalue weighted by Crippen LogP contribution is 2.48. The van der Waals surface area contributed by atoms with Crippen molar-refractivity contribution in [3.63, 3.8) is 0 Å². The van der Waals surface area contributed by atoms with E-state index in [0.29, 0.717) is 0 Å². The number of aryl methyl sites for hydroxylation is 3. The molecule has 0 saturated carbocycles. The van der Waals surface area contributed by atoms with Gasteiger partial charge in [0.1, 0.15) is 5.58 Å². The summed E-state index contributed by atoms with van der Waals surface area (Å²) in [6.07, 6.45) is 8.68. The molecule has 93 heavy (non-hydrogen) atoms. The van der Waals surface area contributed by atoms with E-state index in [1.807, 2.05) is 0 Å². The highest BCUT2D eigenvalue weighted by atomic mass is 16.3. The summed E-state index contributed by atoms with van der Waals surface area (Å²) in [6, 6.07) is 93.7. The number of rotatable bonds is 17. The first-order valence-electron chi connectivity index (χ1n) is 33.5. The van der Waals surface area contributed by atoms with Crippen LogP contribution in [0.25, 0.3) is 21.9 Å². The van der Waals surface area contributed by atoms with Gasteiger partial charge in [-0.05, 0) is 161 Å². The van der Waals surface area contributed by atoms with Crippen molar-refractivity contribution in [1.82, 2.24) is 0 Å². The lowest BCUT2D eigenvalue weighted by Gasteiger charge is -2.41. The third-order valence-corrected chi connectivity index (χ3v) is 20.8. The van der Waals surface area contributed by atoms with Gasteiger partial charge in [-0.2, -0.15) is 0 Å². The monoisotopic (exact) mass is 1210 g/mol. The van der Waals surface area contributed by atoms with Crippen molar-refractivity contribution in [2.45, 2.75) is 125 Å². The van der Waals surface area contributed by atoms with Crippen LogP contribution >= 0.6 is 0 Å². The molecule has 0 saturated heterocycles. The molecule has 0 spiro atoms. The SMILES string of the molecule is C/C=C(\C=C/CC)C(C)(C)c1ccc(Cc2ccc(C(C)(C)c3ccccc3)cc2)c(B2c3cc(C(C)(C)c4ccccc4)ccc3N(c3ccc(C(C)(C)c4ccccc4)cc3)c3cc(N(c4ccc(C)cc4C)c4cccc5c4oc4ccccc45)cc(C)c32)c1. The van der Waals surface area contributed by atoms with Crippen molar-refractivity contribution in [2.24, 2.45) is 0 Å². The topological polar surface area (TPSA) is 19.6 Å². The quantitative estimate of drug-likeness (QED) is 0.0669. The van der Waals surface area contributed by atoms with E-state index in [0.717, 1.165) is 68.9 Å². The molecule has 0 unspecified atom stereocenters. The molecular weight excluding hydrogens is 1120 g/mol. The van der Waals surface area contributed by atoms with E-state index in [2.05, 4.69) is 367 Å². The molecule has 0 atom stereocenters. The van der Waals surface area contributed by atoms with Gasteiger partial charge in [-0.25, -0.2) is 0 Å². The summed E-state index contributed by atoms with van der Waals surface area (Å²) in [6.45, 7) is 30.0. The van der Waals surface area contributed by atoms with E-state index in [-0.39, 0.29) is 28.4 Å². The molecule has 12 aromatic rings. The standard InChI is InChI=1S/C89H87BN2O/c1-14-16-29-65(15-2)86(6,7)71-46-43-64(56-63-41-44-69(45-42-63)87(8,9)66-30-20-17-21-31-66)77(57-71)90-78-58-72(89(12,13)68-34-24-19-25-35-68)49-53-80(78)91(73-50-47-70(48-51-73)88(10,11)67-32-22-18-23-33-67)82-59-74(55-62(5)84(82)90)92(79-52-40-60(3)54-61(79)4)81-38-28-37-76-75-36-26-27-39-83(75)93-85(76)81/h15-55,57-59H,14,56H2,1-13H3/b29-16-,65-15+. The van der Waals surface area contributed by atoms with Gasteiger partial charge in [-0.1, -0.05) is 297 Å². The van der Waals surface area contributed by atoms with E-state index < -0.39 is 0 Å². The Bertz CT molecular complexity index is 4780. The molecule has 4 heteroatoms. The number of hydrogen-bond acceptors (Lipinski definition) is 3. The van der Waals surface area contributed by atoms with Gasteiger partial charge >= 0.3 is 0 Å². The third-order valence-electron chi connectivity index (χ3n) is 20.8. The van der Waals surface area contributed by atoms with E-state index in [9.17, 15) is 0 Å². The Balaban J connectivity index is 1.10. The van der Waals surface area contributed by atoms with Crippen molar-refractivity contribution >= 4 is 79.2 Å². The maximum Gasteiger partial charge on any atom is 0.247 e. The molecule has 2 heterocycles. The van der Waals surface area contributed by atoms with Crippen LogP contribution in [0.4, 0.5) is 34.1 Å². The van der Waals surface area contributed by atoms with Gasteiger partial charge in [0.2, 0.25) is 6.71 Å². The average molecular weight is 1210 g/mol. The van der Waals surface area contributed by atoms with Gasteiger partial charge < -0.3 is 14.2 Å². The van der Waals surface area contributed by atoms with Gasteiger partial charge in [0, 0.05) is 60.9 Å². The molecule has 1 aliphatic heterocycles. The lowest BCUT2D eigenvalue weighted by Crippen LogP contribution is -2.59. The Kier molecular flexibility index (Phi) is 16.6. The summed E-state index contributed by atoms with van der Waals surface area (Å²) in [5.74, 6) is 0. The Morgan fingerprint density at radius 2 is 1.02 bits per heavy atom. The van der Waals surface area contributed by atoms with Crippen LogP contribution in [-0.2, 0) is 28.1 Å². The summed E-state index contributed by atoms with van der Waals surface area (Å²) in [5, 5.41) is 2.19. The fraction of sp³-hybridized carbons (Fsp3) is 0.213. The van der Waals surface area contributed by atoms with Crippen molar-refractivity contribution in [1.29, 1.82) is 0 Å². The number of fused-ring (bicyclic) bond motifs is 5. The summed E-state index contributed by atoms with van der Waals surface area (Å²) in [4.78, 5) is 5.05. The van der Waals surface area contributed by atoms with Crippen LogP contribution < -0.4 is 26.2 Å². The minimum Gasteiger partial charge on any atom is -0.454 e. The van der Waals surface area contributed by atoms with Crippen LogP contribution in [0.5, 0.6) is 0 Å². The Labute approximate surface area is 553 Å². The molecule has 0 bridgehead atoms. The third kappa shape index (κ3) is 11.4. The zero-order valence-electron chi connectivity index (χ0n) is 56.7. The lowest BCUT2D eigenvalue weighted by molar-refractivity contribution is 0.638. The zero-order valence-corrected chi connectivity index (χ0v) is 56.7. The molecular formula is C89H87BN2O. The number of nitrogens with zero attached hydrogens (tertiary/aromatic N) is 2. The maximum atomic E-state index is 7.00.